The Hall–Kier alpha value is -1.68. The number of nitrogens with two attached hydrogens (primary N) is 1. The molecule has 0 aromatic carbocycles. The Bertz CT molecular complexity index is 540. The van der Waals surface area contributed by atoms with E-state index < -0.39 is 12.8 Å². The number of hydrogen-bond donors (Lipinski definition) is 1. The van der Waals surface area contributed by atoms with Crippen molar-refractivity contribution in [2.24, 2.45) is 0 Å². The molecule has 2 rings (SSSR count). The lowest BCUT2D eigenvalue weighted by Crippen LogP contribution is -2.18. The maximum absolute atomic E-state index is 11.8. The van der Waals surface area contributed by atoms with Crippen molar-refractivity contribution in [3.8, 4) is 11.6 Å². The van der Waals surface area contributed by atoms with Crippen molar-refractivity contribution < 1.29 is 22.4 Å². The number of halogens is 3. The lowest BCUT2D eigenvalue weighted by Gasteiger charge is -2.05. The van der Waals surface area contributed by atoms with Crippen LogP contribution in [0.2, 0.25) is 0 Å². The molecule has 0 aliphatic heterocycles. The molecule has 0 saturated carbocycles. The van der Waals surface area contributed by atoms with Crippen molar-refractivity contribution in [3.05, 3.63) is 11.2 Å². The van der Waals surface area contributed by atoms with Gasteiger partial charge in [0.05, 0.1) is 6.61 Å². The van der Waals surface area contributed by atoms with Crippen LogP contribution in [-0.4, -0.2) is 34.5 Å². The third kappa shape index (κ3) is 4.17. The molecule has 0 spiro atoms. The highest BCUT2D eigenvalue weighted by Gasteiger charge is 2.27. The fourth-order valence-corrected chi connectivity index (χ4v) is 1.73. The minimum absolute atomic E-state index is 0.124. The first-order chi connectivity index (χ1) is 8.94. The van der Waals surface area contributed by atoms with E-state index in [1.807, 2.05) is 0 Å². The van der Waals surface area contributed by atoms with Gasteiger partial charge in [-0.1, -0.05) is 5.16 Å². The Morgan fingerprint density at radius 1 is 1.37 bits per heavy atom. The topological polar surface area (TPSA) is 87.1 Å². The predicted molar refractivity (Wildman–Crippen MR) is 60.4 cm³/mol. The summed E-state index contributed by atoms with van der Waals surface area (Å²) in [4.78, 5) is 7.92. The van der Waals surface area contributed by atoms with Crippen LogP contribution in [0.25, 0.3) is 11.6 Å². The van der Waals surface area contributed by atoms with Gasteiger partial charge in [0.25, 0.3) is 5.89 Å². The summed E-state index contributed by atoms with van der Waals surface area (Å²) in [5.74, 6) is 0.433. The van der Waals surface area contributed by atoms with E-state index in [2.05, 4.69) is 19.9 Å². The number of ether oxygens (including phenoxy) is 1. The molecule has 19 heavy (non-hydrogen) atoms. The molecule has 0 aliphatic carbocycles. The van der Waals surface area contributed by atoms with Gasteiger partial charge >= 0.3 is 6.18 Å². The van der Waals surface area contributed by atoms with Crippen molar-refractivity contribution in [1.29, 1.82) is 0 Å². The first kappa shape index (κ1) is 13.7. The second kappa shape index (κ2) is 5.53. The molecule has 2 aromatic rings. The van der Waals surface area contributed by atoms with Gasteiger partial charge in [-0.05, 0) is 0 Å². The molecule has 0 unspecified atom stereocenters. The zero-order valence-corrected chi connectivity index (χ0v) is 10.3. The third-order valence-corrected chi connectivity index (χ3v) is 2.62. The van der Waals surface area contributed by atoms with Crippen molar-refractivity contribution in [2.45, 2.75) is 12.6 Å². The maximum Gasteiger partial charge on any atom is 0.411 e. The van der Waals surface area contributed by atoms with Crippen LogP contribution in [0.1, 0.15) is 5.82 Å². The van der Waals surface area contributed by atoms with Crippen LogP contribution in [0.3, 0.4) is 0 Å². The molecule has 104 valence electrons. The van der Waals surface area contributed by atoms with Crippen LogP contribution in [0.4, 0.5) is 18.3 Å². The largest absolute Gasteiger partial charge is 0.411 e. The van der Waals surface area contributed by atoms with Crippen molar-refractivity contribution in [1.82, 2.24) is 15.1 Å². The van der Waals surface area contributed by atoms with Crippen molar-refractivity contribution in [2.75, 3.05) is 18.9 Å². The smallest absolute Gasteiger partial charge is 0.375 e. The van der Waals surface area contributed by atoms with E-state index in [4.69, 9.17) is 10.3 Å². The van der Waals surface area contributed by atoms with E-state index in [-0.39, 0.29) is 24.7 Å². The summed E-state index contributed by atoms with van der Waals surface area (Å²) in [6, 6.07) is 0. The van der Waals surface area contributed by atoms with Crippen molar-refractivity contribution in [3.63, 3.8) is 0 Å². The number of rotatable bonds is 5. The van der Waals surface area contributed by atoms with Gasteiger partial charge in [-0.2, -0.15) is 18.2 Å². The molecule has 0 atom stereocenters. The average molecular weight is 294 g/mol. The number of nitrogen functional groups attached to an aromatic ring is 1. The summed E-state index contributed by atoms with van der Waals surface area (Å²) in [6.45, 7) is -1.43. The van der Waals surface area contributed by atoms with E-state index in [0.717, 1.165) is 0 Å². The fraction of sp³-hybridized carbons (Fsp3) is 0.444. The van der Waals surface area contributed by atoms with Gasteiger partial charge in [0.1, 0.15) is 12.3 Å². The molecule has 2 N–H and O–H groups in total. The van der Waals surface area contributed by atoms with E-state index in [9.17, 15) is 13.2 Å². The average Bonchev–Trinajstić information content (AvgIpc) is 2.92. The molecule has 6 nitrogen and oxygen atoms in total. The Morgan fingerprint density at radius 3 is 2.79 bits per heavy atom. The van der Waals surface area contributed by atoms with Crippen LogP contribution >= 0.6 is 11.3 Å². The van der Waals surface area contributed by atoms with Crippen LogP contribution < -0.4 is 5.73 Å². The number of alkyl halides is 3. The zero-order chi connectivity index (χ0) is 13.9. The molecular formula is C9H9F3N4O2S. The Balaban J connectivity index is 1.85. The van der Waals surface area contributed by atoms with Crippen LogP contribution in [-0.2, 0) is 11.2 Å². The number of aromatic nitrogens is 3. The predicted octanol–water partition coefficient (Wildman–Crippen LogP) is 1.90. The third-order valence-electron chi connectivity index (χ3n) is 1.94. The Kier molecular flexibility index (Phi) is 4.00. The highest BCUT2D eigenvalue weighted by atomic mass is 32.1. The van der Waals surface area contributed by atoms with Crippen LogP contribution in [0, 0.1) is 0 Å². The van der Waals surface area contributed by atoms with Crippen molar-refractivity contribution >= 4 is 16.5 Å². The Morgan fingerprint density at radius 2 is 2.16 bits per heavy atom. The van der Waals surface area contributed by atoms with E-state index in [1.165, 1.54) is 11.3 Å². The summed E-state index contributed by atoms with van der Waals surface area (Å²) < 4.78 is 44.8. The second-order valence-corrected chi connectivity index (χ2v) is 4.39. The molecular weight excluding hydrogens is 285 g/mol. The summed E-state index contributed by atoms with van der Waals surface area (Å²) in [6.07, 6.45) is -4.21. The first-order valence-corrected chi connectivity index (χ1v) is 6.00. The molecule has 0 bridgehead atoms. The van der Waals surface area contributed by atoms with Crippen LogP contribution in [0.5, 0.6) is 0 Å². The molecule has 2 aromatic heterocycles. The van der Waals surface area contributed by atoms with Gasteiger partial charge in [0.2, 0.25) is 0 Å². The summed E-state index contributed by atoms with van der Waals surface area (Å²) >= 11 is 1.22. The fourth-order valence-electron chi connectivity index (χ4n) is 1.20. The molecule has 0 amide bonds. The highest BCUT2D eigenvalue weighted by Crippen LogP contribution is 2.21. The van der Waals surface area contributed by atoms with Gasteiger partial charge < -0.3 is 15.0 Å². The minimum atomic E-state index is -4.33. The molecule has 10 heteroatoms. The van der Waals surface area contributed by atoms with E-state index in [1.54, 1.807) is 5.38 Å². The van der Waals surface area contributed by atoms with Crippen LogP contribution in [0.15, 0.2) is 9.90 Å². The van der Waals surface area contributed by atoms with Gasteiger partial charge in [-0.3, -0.25) is 0 Å². The summed E-state index contributed by atoms with van der Waals surface area (Å²) in [5, 5.41) is 5.62. The Labute approximate surface area is 109 Å². The first-order valence-electron chi connectivity index (χ1n) is 5.12. The summed E-state index contributed by atoms with van der Waals surface area (Å²) in [5.41, 5.74) is 5.89. The second-order valence-electron chi connectivity index (χ2n) is 3.50. The maximum atomic E-state index is 11.8. The molecule has 0 fully saturated rings. The number of anilines is 1. The van der Waals surface area contributed by atoms with Gasteiger partial charge in [-0.15, -0.1) is 11.3 Å². The number of nitrogens with zero attached hydrogens (tertiary/aromatic N) is 3. The monoisotopic (exact) mass is 294 g/mol. The zero-order valence-electron chi connectivity index (χ0n) is 9.48. The highest BCUT2D eigenvalue weighted by molar-refractivity contribution is 7.13. The molecule has 0 saturated heterocycles. The molecule has 0 aliphatic rings. The van der Waals surface area contributed by atoms with E-state index in [0.29, 0.717) is 10.8 Å². The lowest BCUT2D eigenvalue weighted by atomic mass is 10.4. The van der Waals surface area contributed by atoms with E-state index >= 15 is 0 Å². The standard InChI is InChI=1S/C9H9F3N4O2S/c10-9(11,12)4-17-2-1-6-15-7(18-16-6)5-3-19-8(13)14-5/h3H,1-2,4H2,(H2,13,14). The van der Waals surface area contributed by atoms with Gasteiger partial charge in [0, 0.05) is 11.8 Å². The lowest BCUT2D eigenvalue weighted by molar-refractivity contribution is -0.173. The van der Waals surface area contributed by atoms with Gasteiger partial charge in [0.15, 0.2) is 11.0 Å². The molecule has 2 heterocycles. The van der Waals surface area contributed by atoms with Gasteiger partial charge in [-0.25, -0.2) is 4.98 Å². The normalized spacial score (nSPS) is 11.9. The SMILES string of the molecule is Nc1nc(-c2nc(CCOCC(F)(F)F)no2)cs1. The quantitative estimate of drug-likeness (QED) is 0.847. The number of thiazole rings is 1. The summed E-state index contributed by atoms with van der Waals surface area (Å²) in [7, 11) is 0. The number of hydrogen-bond acceptors (Lipinski definition) is 7. The minimum Gasteiger partial charge on any atom is -0.375 e. The molecule has 0 radical (unpaired) electrons.